The second-order valence-corrected chi connectivity index (χ2v) is 6.15. The van der Waals surface area contributed by atoms with Crippen LogP contribution in [0.2, 0.25) is 0 Å². The summed E-state index contributed by atoms with van der Waals surface area (Å²) in [6, 6.07) is 5.48. The van der Waals surface area contributed by atoms with Crippen LogP contribution in [0.5, 0.6) is 0 Å². The van der Waals surface area contributed by atoms with Gasteiger partial charge < -0.3 is 5.32 Å². The molecule has 1 saturated heterocycles. The predicted octanol–water partition coefficient (Wildman–Crippen LogP) is 2.46. The number of piperidine rings is 1. The van der Waals surface area contributed by atoms with Crippen molar-refractivity contribution < 1.29 is 9.72 Å². The molecule has 1 aliphatic heterocycles. The Kier molecular flexibility index (Phi) is 5.30. The molecule has 7 heteroatoms. The Balaban J connectivity index is 1.93. The molecule has 0 aromatic heterocycles. The van der Waals surface area contributed by atoms with Crippen LogP contribution in [-0.2, 0) is 11.3 Å². The molecule has 1 heterocycles. The molecule has 0 saturated carbocycles. The lowest BCUT2D eigenvalue weighted by atomic mass is 10.0. The van der Waals surface area contributed by atoms with Gasteiger partial charge in [0.15, 0.2) is 0 Å². The van der Waals surface area contributed by atoms with Crippen LogP contribution in [0.15, 0.2) is 22.7 Å². The van der Waals surface area contributed by atoms with Crippen LogP contribution in [0.1, 0.15) is 25.3 Å². The van der Waals surface area contributed by atoms with Crippen molar-refractivity contribution >= 4 is 27.5 Å². The normalized spacial score (nSPS) is 16.7. The number of nitrogens with zero attached hydrogens (tertiary/aromatic N) is 2. The number of nitrogens with one attached hydrogen (secondary N) is 1. The summed E-state index contributed by atoms with van der Waals surface area (Å²) in [5.74, 6) is 0.0111. The zero-order chi connectivity index (χ0) is 15.4. The van der Waals surface area contributed by atoms with E-state index in [9.17, 15) is 14.9 Å². The van der Waals surface area contributed by atoms with Crippen molar-refractivity contribution in [2.45, 2.75) is 32.4 Å². The highest BCUT2D eigenvalue weighted by molar-refractivity contribution is 9.10. The smallest absolute Gasteiger partial charge is 0.283 e. The Morgan fingerprint density at radius 1 is 1.48 bits per heavy atom. The van der Waals surface area contributed by atoms with Gasteiger partial charge in [-0.25, -0.2) is 0 Å². The van der Waals surface area contributed by atoms with Crippen LogP contribution in [0.25, 0.3) is 0 Å². The molecule has 1 N–H and O–H groups in total. The molecule has 6 nitrogen and oxygen atoms in total. The highest BCUT2D eigenvalue weighted by Crippen LogP contribution is 2.26. The molecule has 1 aromatic carbocycles. The molecular weight excluding hydrogens is 338 g/mol. The molecule has 0 spiro atoms. The molecular formula is C14H18BrN3O3. The van der Waals surface area contributed by atoms with Crippen molar-refractivity contribution in [3.63, 3.8) is 0 Å². The standard InChI is InChI=1S/C14H18BrN3O3/c1-10(19)16-12-4-6-17(7-5-12)9-11-2-3-13(15)14(8-11)18(20)21/h2-3,8,12H,4-7,9H2,1H3,(H,16,19). The number of nitro groups is 1. The molecule has 1 aromatic rings. The SMILES string of the molecule is CC(=O)NC1CCN(Cc2ccc(Br)c([N+](=O)[O-])c2)CC1. The average molecular weight is 356 g/mol. The number of hydrogen-bond donors (Lipinski definition) is 1. The molecule has 2 rings (SSSR count). The van der Waals surface area contributed by atoms with Crippen molar-refractivity contribution in [2.75, 3.05) is 13.1 Å². The van der Waals surface area contributed by atoms with Gasteiger partial charge in [-0.3, -0.25) is 19.8 Å². The van der Waals surface area contributed by atoms with Gasteiger partial charge in [0.05, 0.1) is 9.40 Å². The number of nitro benzene ring substituents is 1. The minimum Gasteiger partial charge on any atom is -0.354 e. The van der Waals surface area contributed by atoms with Crippen molar-refractivity contribution in [3.05, 3.63) is 38.3 Å². The van der Waals surface area contributed by atoms with Crippen LogP contribution in [0, 0.1) is 10.1 Å². The number of benzene rings is 1. The first-order valence-electron chi connectivity index (χ1n) is 6.88. The number of halogens is 1. The lowest BCUT2D eigenvalue weighted by Crippen LogP contribution is -2.43. The van der Waals surface area contributed by atoms with E-state index in [0.717, 1.165) is 31.5 Å². The Hall–Kier alpha value is -1.47. The van der Waals surface area contributed by atoms with E-state index in [0.29, 0.717) is 11.0 Å². The lowest BCUT2D eigenvalue weighted by molar-refractivity contribution is -0.385. The predicted molar refractivity (Wildman–Crippen MR) is 82.9 cm³/mol. The molecule has 1 aliphatic rings. The van der Waals surface area contributed by atoms with Crippen LogP contribution < -0.4 is 5.32 Å². The van der Waals surface area contributed by atoms with Crippen LogP contribution >= 0.6 is 15.9 Å². The highest BCUT2D eigenvalue weighted by Gasteiger charge is 2.20. The molecule has 114 valence electrons. The molecule has 0 aliphatic carbocycles. The van der Waals surface area contributed by atoms with E-state index >= 15 is 0 Å². The van der Waals surface area contributed by atoms with Gasteiger partial charge >= 0.3 is 0 Å². The molecule has 0 unspecified atom stereocenters. The Bertz CT molecular complexity index is 542. The maximum Gasteiger partial charge on any atom is 0.283 e. The minimum atomic E-state index is -0.378. The van der Waals surface area contributed by atoms with Gasteiger partial charge in [0, 0.05) is 38.7 Å². The van der Waals surface area contributed by atoms with Crippen molar-refractivity contribution in [3.8, 4) is 0 Å². The van der Waals surface area contributed by atoms with E-state index < -0.39 is 0 Å². The molecule has 21 heavy (non-hydrogen) atoms. The molecule has 1 fully saturated rings. The van der Waals surface area contributed by atoms with Gasteiger partial charge in [0.25, 0.3) is 5.69 Å². The largest absolute Gasteiger partial charge is 0.354 e. The van der Waals surface area contributed by atoms with Gasteiger partial charge in [0.1, 0.15) is 0 Å². The van der Waals surface area contributed by atoms with E-state index in [-0.39, 0.29) is 22.6 Å². The number of likely N-dealkylation sites (tertiary alicyclic amines) is 1. The number of rotatable bonds is 4. The molecule has 0 radical (unpaired) electrons. The molecule has 0 atom stereocenters. The molecule has 0 bridgehead atoms. The third kappa shape index (κ3) is 4.50. The average Bonchev–Trinajstić information content (AvgIpc) is 2.42. The molecule has 1 amide bonds. The summed E-state index contributed by atoms with van der Waals surface area (Å²) in [5, 5.41) is 13.9. The van der Waals surface area contributed by atoms with E-state index in [1.165, 1.54) is 6.92 Å². The van der Waals surface area contributed by atoms with Gasteiger partial charge in [-0.1, -0.05) is 6.07 Å². The van der Waals surface area contributed by atoms with Crippen molar-refractivity contribution in [1.29, 1.82) is 0 Å². The highest BCUT2D eigenvalue weighted by atomic mass is 79.9. The number of amides is 1. The Morgan fingerprint density at radius 2 is 2.14 bits per heavy atom. The minimum absolute atomic E-state index is 0.0111. The Morgan fingerprint density at radius 3 is 2.71 bits per heavy atom. The van der Waals surface area contributed by atoms with Crippen LogP contribution in [-0.4, -0.2) is 34.9 Å². The number of carbonyl (C=O) groups excluding carboxylic acids is 1. The fraction of sp³-hybridized carbons (Fsp3) is 0.500. The summed E-state index contributed by atoms with van der Waals surface area (Å²) >= 11 is 3.19. The van der Waals surface area contributed by atoms with Gasteiger partial charge in [-0.2, -0.15) is 0 Å². The number of carbonyl (C=O) groups is 1. The summed E-state index contributed by atoms with van der Waals surface area (Å²) in [5.41, 5.74) is 1.03. The Labute approximate surface area is 131 Å². The first kappa shape index (κ1) is 15.9. The summed E-state index contributed by atoms with van der Waals surface area (Å²) in [6.07, 6.45) is 1.83. The second-order valence-electron chi connectivity index (χ2n) is 5.29. The summed E-state index contributed by atoms with van der Waals surface area (Å²) in [6.45, 7) is 4.00. The van der Waals surface area contributed by atoms with Gasteiger partial charge in [-0.05, 0) is 40.4 Å². The van der Waals surface area contributed by atoms with E-state index in [4.69, 9.17) is 0 Å². The fourth-order valence-electron chi connectivity index (χ4n) is 2.58. The lowest BCUT2D eigenvalue weighted by Gasteiger charge is -2.32. The second kappa shape index (κ2) is 7.00. The van der Waals surface area contributed by atoms with Crippen LogP contribution in [0.4, 0.5) is 5.69 Å². The number of hydrogen-bond acceptors (Lipinski definition) is 4. The zero-order valence-electron chi connectivity index (χ0n) is 11.8. The van der Waals surface area contributed by atoms with Crippen molar-refractivity contribution in [1.82, 2.24) is 10.2 Å². The topological polar surface area (TPSA) is 75.5 Å². The third-order valence-electron chi connectivity index (χ3n) is 3.61. The zero-order valence-corrected chi connectivity index (χ0v) is 13.4. The first-order valence-corrected chi connectivity index (χ1v) is 7.67. The summed E-state index contributed by atoms with van der Waals surface area (Å²) in [7, 11) is 0. The fourth-order valence-corrected chi connectivity index (χ4v) is 2.97. The van der Waals surface area contributed by atoms with E-state index in [1.54, 1.807) is 12.1 Å². The van der Waals surface area contributed by atoms with Gasteiger partial charge in [-0.15, -0.1) is 0 Å². The van der Waals surface area contributed by atoms with E-state index in [1.807, 2.05) is 6.07 Å². The maximum atomic E-state index is 11.0. The monoisotopic (exact) mass is 355 g/mol. The summed E-state index contributed by atoms with van der Waals surface area (Å²) in [4.78, 5) is 23.8. The van der Waals surface area contributed by atoms with E-state index in [2.05, 4.69) is 26.1 Å². The maximum absolute atomic E-state index is 11.0. The van der Waals surface area contributed by atoms with Crippen LogP contribution in [0.3, 0.4) is 0 Å². The third-order valence-corrected chi connectivity index (χ3v) is 4.28. The summed E-state index contributed by atoms with van der Waals surface area (Å²) < 4.78 is 0.501. The van der Waals surface area contributed by atoms with Gasteiger partial charge in [0.2, 0.25) is 5.91 Å². The van der Waals surface area contributed by atoms with Crippen molar-refractivity contribution in [2.24, 2.45) is 0 Å². The first-order chi connectivity index (χ1) is 9.95. The quantitative estimate of drug-likeness (QED) is 0.664.